The van der Waals surface area contributed by atoms with E-state index >= 15 is 0 Å². The molecule has 104 valence electrons. The highest BCUT2D eigenvalue weighted by atomic mass is 16.6. The van der Waals surface area contributed by atoms with E-state index in [0.29, 0.717) is 0 Å². The van der Waals surface area contributed by atoms with Gasteiger partial charge in [-0.2, -0.15) is 0 Å². The van der Waals surface area contributed by atoms with Crippen molar-refractivity contribution in [3.63, 3.8) is 0 Å². The summed E-state index contributed by atoms with van der Waals surface area (Å²) in [6, 6.07) is 1.40. The van der Waals surface area contributed by atoms with Crippen LogP contribution in [-0.2, 0) is 4.74 Å². The molecule has 8 heteroatoms. The highest BCUT2D eigenvalue weighted by Crippen LogP contribution is 2.32. The smallest absolute Gasteiger partial charge is 0.344 e. The summed E-state index contributed by atoms with van der Waals surface area (Å²) in [5.74, 6) is -0.392. The molecular weight excluding hydrogens is 266 g/mol. The fourth-order valence-electron chi connectivity index (χ4n) is 1.73. The maximum absolute atomic E-state index is 11.9. The standard InChI is InChI=1S/C12H11N3O5/c1-3-19-12(16)10-7(2)20-14-11(10)8-4-5-13-6-9(8)15(17)18/h4-6H,3H2,1-2H3. The Bertz CT molecular complexity index is 665. The second kappa shape index (κ2) is 5.47. The first-order valence-electron chi connectivity index (χ1n) is 5.78. The van der Waals surface area contributed by atoms with E-state index < -0.39 is 10.9 Å². The fraction of sp³-hybridized carbons (Fsp3) is 0.250. The fourth-order valence-corrected chi connectivity index (χ4v) is 1.73. The predicted molar refractivity (Wildman–Crippen MR) is 67.1 cm³/mol. The minimum atomic E-state index is -0.632. The Morgan fingerprint density at radius 3 is 2.95 bits per heavy atom. The zero-order valence-electron chi connectivity index (χ0n) is 10.8. The Morgan fingerprint density at radius 2 is 2.30 bits per heavy atom. The number of carbonyl (C=O) groups is 1. The summed E-state index contributed by atoms with van der Waals surface area (Å²) in [4.78, 5) is 26.0. The van der Waals surface area contributed by atoms with Gasteiger partial charge < -0.3 is 9.26 Å². The van der Waals surface area contributed by atoms with Crippen LogP contribution in [0.3, 0.4) is 0 Å². The summed E-state index contributed by atoms with van der Waals surface area (Å²) < 4.78 is 9.86. The van der Waals surface area contributed by atoms with Crippen molar-refractivity contribution in [2.24, 2.45) is 0 Å². The molecule has 2 rings (SSSR count). The van der Waals surface area contributed by atoms with Crippen LogP contribution < -0.4 is 0 Å². The van der Waals surface area contributed by atoms with Crippen LogP contribution in [0.5, 0.6) is 0 Å². The van der Waals surface area contributed by atoms with Gasteiger partial charge in [-0.3, -0.25) is 15.1 Å². The van der Waals surface area contributed by atoms with Crippen LogP contribution in [-0.4, -0.2) is 27.6 Å². The van der Waals surface area contributed by atoms with E-state index in [0.717, 1.165) is 6.20 Å². The summed E-state index contributed by atoms with van der Waals surface area (Å²) >= 11 is 0. The van der Waals surface area contributed by atoms with E-state index in [1.165, 1.54) is 19.2 Å². The Labute approximate surface area is 113 Å². The Kier molecular flexibility index (Phi) is 3.74. The van der Waals surface area contributed by atoms with E-state index in [1.54, 1.807) is 6.92 Å². The first-order valence-corrected chi connectivity index (χ1v) is 5.78. The molecule has 20 heavy (non-hydrogen) atoms. The van der Waals surface area contributed by atoms with Crippen molar-refractivity contribution in [1.82, 2.24) is 10.1 Å². The lowest BCUT2D eigenvalue weighted by atomic mass is 10.1. The van der Waals surface area contributed by atoms with Crippen LogP contribution in [0.25, 0.3) is 11.3 Å². The molecule has 8 nitrogen and oxygen atoms in total. The lowest BCUT2D eigenvalue weighted by Crippen LogP contribution is -2.07. The highest BCUT2D eigenvalue weighted by molar-refractivity contribution is 5.98. The van der Waals surface area contributed by atoms with E-state index in [2.05, 4.69) is 10.1 Å². The third-order valence-electron chi connectivity index (χ3n) is 2.59. The molecule has 0 saturated heterocycles. The van der Waals surface area contributed by atoms with Crippen LogP contribution in [0.15, 0.2) is 23.0 Å². The van der Waals surface area contributed by atoms with Gasteiger partial charge in [0.2, 0.25) is 0 Å². The van der Waals surface area contributed by atoms with Gasteiger partial charge in [-0.15, -0.1) is 0 Å². The number of aromatic nitrogens is 2. The van der Waals surface area contributed by atoms with Crippen LogP contribution >= 0.6 is 0 Å². The molecule has 0 bridgehead atoms. The van der Waals surface area contributed by atoms with E-state index in [-0.39, 0.29) is 34.9 Å². The maximum Gasteiger partial charge on any atom is 0.344 e. The van der Waals surface area contributed by atoms with Crippen molar-refractivity contribution in [2.45, 2.75) is 13.8 Å². The highest BCUT2D eigenvalue weighted by Gasteiger charge is 2.27. The zero-order chi connectivity index (χ0) is 14.7. The number of nitro groups is 1. The summed E-state index contributed by atoms with van der Waals surface area (Å²) in [6.45, 7) is 3.38. The number of aryl methyl sites for hydroxylation is 1. The molecule has 2 aromatic rings. The molecule has 0 radical (unpaired) electrons. The average Bonchev–Trinajstić information content (AvgIpc) is 2.80. The third-order valence-corrected chi connectivity index (χ3v) is 2.59. The van der Waals surface area contributed by atoms with Gasteiger partial charge in [0.25, 0.3) is 5.69 Å². The number of ether oxygens (including phenoxy) is 1. The number of hydrogen-bond donors (Lipinski definition) is 0. The predicted octanol–water partition coefficient (Wildman–Crippen LogP) is 2.13. The molecule has 0 N–H and O–H groups in total. The third kappa shape index (κ3) is 2.35. The van der Waals surface area contributed by atoms with Gasteiger partial charge in [0.05, 0.1) is 17.1 Å². The summed E-state index contributed by atoms with van der Waals surface area (Å²) in [5, 5.41) is 14.7. The summed E-state index contributed by atoms with van der Waals surface area (Å²) in [6.07, 6.45) is 2.47. The molecule has 0 aliphatic rings. The lowest BCUT2D eigenvalue weighted by molar-refractivity contribution is -0.384. The first kappa shape index (κ1) is 13.7. The molecular formula is C12H11N3O5. The molecule has 2 aromatic heterocycles. The molecule has 0 atom stereocenters. The van der Waals surface area contributed by atoms with Crippen molar-refractivity contribution in [2.75, 3.05) is 6.61 Å². The van der Waals surface area contributed by atoms with Crippen molar-refractivity contribution >= 4 is 11.7 Å². The normalized spacial score (nSPS) is 10.3. The molecule has 0 aliphatic carbocycles. The first-order chi connectivity index (χ1) is 9.56. The number of esters is 1. The molecule has 0 aliphatic heterocycles. The lowest BCUT2D eigenvalue weighted by Gasteiger charge is -2.03. The van der Waals surface area contributed by atoms with Gasteiger partial charge in [0.15, 0.2) is 0 Å². The number of rotatable bonds is 4. The Morgan fingerprint density at radius 1 is 1.55 bits per heavy atom. The average molecular weight is 277 g/mol. The van der Waals surface area contributed by atoms with Crippen molar-refractivity contribution in [1.29, 1.82) is 0 Å². The number of pyridine rings is 1. The van der Waals surface area contributed by atoms with Crippen molar-refractivity contribution in [3.05, 3.63) is 39.9 Å². The minimum absolute atomic E-state index is 0.0788. The number of nitrogens with zero attached hydrogens (tertiary/aromatic N) is 3. The van der Waals surface area contributed by atoms with E-state index in [1.807, 2.05) is 0 Å². The second-order valence-corrected chi connectivity index (χ2v) is 3.83. The van der Waals surface area contributed by atoms with Gasteiger partial charge in [-0.25, -0.2) is 4.79 Å². The second-order valence-electron chi connectivity index (χ2n) is 3.83. The maximum atomic E-state index is 11.9. The summed E-state index contributed by atoms with van der Waals surface area (Å²) in [7, 11) is 0. The topological polar surface area (TPSA) is 108 Å². The van der Waals surface area contributed by atoms with Gasteiger partial charge >= 0.3 is 5.97 Å². The van der Waals surface area contributed by atoms with Gasteiger partial charge in [0.1, 0.15) is 23.2 Å². The largest absolute Gasteiger partial charge is 0.462 e. The van der Waals surface area contributed by atoms with Crippen LogP contribution in [0.1, 0.15) is 23.0 Å². The minimum Gasteiger partial charge on any atom is -0.462 e. The molecule has 0 spiro atoms. The van der Waals surface area contributed by atoms with Crippen LogP contribution in [0.4, 0.5) is 5.69 Å². The van der Waals surface area contributed by atoms with Crippen LogP contribution in [0.2, 0.25) is 0 Å². The van der Waals surface area contributed by atoms with Crippen LogP contribution in [0, 0.1) is 17.0 Å². The van der Waals surface area contributed by atoms with Crippen molar-refractivity contribution in [3.8, 4) is 11.3 Å². The van der Waals surface area contributed by atoms with Gasteiger partial charge in [-0.05, 0) is 19.9 Å². The molecule has 0 fully saturated rings. The van der Waals surface area contributed by atoms with E-state index in [4.69, 9.17) is 9.26 Å². The van der Waals surface area contributed by atoms with Gasteiger partial charge in [-0.1, -0.05) is 5.16 Å². The number of hydrogen-bond acceptors (Lipinski definition) is 7. The molecule has 2 heterocycles. The van der Waals surface area contributed by atoms with Crippen molar-refractivity contribution < 1.29 is 19.0 Å². The van der Waals surface area contributed by atoms with E-state index in [9.17, 15) is 14.9 Å². The Hall–Kier alpha value is -2.77. The SMILES string of the molecule is CCOC(=O)c1c(-c2ccncc2[N+](=O)[O-])noc1C. The van der Waals surface area contributed by atoms with Gasteiger partial charge in [0, 0.05) is 6.20 Å². The quantitative estimate of drug-likeness (QED) is 0.478. The summed E-state index contributed by atoms with van der Waals surface area (Å²) in [5.41, 5.74) is 0.0625. The monoisotopic (exact) mass is 277 g/mol. The molecule has 0 amide bonds. The molecule has 0 saturated carbocycles. The number of carbonyl (C=O) groups excluding carboxylic acids is 1. The Balaban J connectivity index is 2.60. The zero-order valence-corrected chi connectivity index (χ0v) is 10.8. The molecule has 0 unspecified atom stereocenters. The molecule has 0 aromatic carbocycles.